The van der Waals surface area contributed by atoms with Gasteiger partial charge in [0.25, 0.3) is 5.56 Å². The summed E-state index contributed by atoms with van der Waals surface area (Å²) in [7, 11) is 0. The first-order chi connectivity index (χ1) is 17.1. The van der Waals surface area contributed by atoms with Crippen molar-refractivity contribution < 1.29 is 0 Å². The van der Waals surface area contributed by atoms with Gasteiger partial charge >= 0.3 is 0 Å². The van der Waals surface area contributed by atoms with Crippen LogP contribution in [0.1, 0.15) is 37.1 Å². The third-order valence-electron chi connectivity index (χ3n) is 6.20. The Labute approximate surface area is 208 Å². The molecule has 1 aliphatic carbocycles. The molecule has 1 fully saturated rings. The van der Waals surface area contributed by atoms with Crippen LogP contribution in [-0.2, 0) is 6.42 Å². The molecule has 8 heteroatoms. The zero-order valence-corrected chi connectivity index (χ0v) is 19.9. The van der Waals surface area contributed by atoms with Gasteiger partial charge in [0.15, 0.2) is 0 Å². The van der Waals surface area contributed by atoms with Gasteiger partial charge in [-0.1, -0.05) is 60.5 Å². The standard InChI is InChI=1S/C27H25ClN6O/c28-21-11-6-12-22-24(21)27(35)34(19-9-2-1-3-10-19)23(33-22)15-16-30-26-20(25(29)31-17-32-26)14-13-18-7-4-5-8-18/h1-3,6,9-12,17-18H,4-5,7-8,15-16H2,(H3,29,30,31,32). The first-order valence-electron chi connectivity index (χ1n) is 11.7. The van der Waals surface area contributed by atoms with E-state index in [0.717, 1.165) is 18.5 Å². The quantitative estimate of drug-likeness (QED) is 0.401. The van der Waals surface area contributed by atoms with Gasteiger partial charge in [-0.2, -0.15) is 0 Å². The zero-order valence-electron chi connectivity index (χ0n) is 19.2. The number of anilines is 2. The molecule has 1 saturated carbocycles. The number of hydrogen-bond donors (Lipinski definition) is 2. The summed E-state index contributed by atoms with van der Waals surface area (Å²) in [6, 6.07) is 14.7. The Hall–Kier alpha value is -3.89. The normalized spacial score (nSPS) is 13.5. The van der Waals surface area contributed by atoms with Gasteiger partial charge < -0.3 is 11.1 Å². The van der Waals surface area contributed by atoms with Crippen LogP contribution in [0.5, 0.6) is 0 Å². The summed E-state index contributed by atoms with van der Waals surface area (Å²) in [6.07, 6.45) is 6.58. The summed E-state index contributed by atoms with van der Waals surface area (Å²) < 4.78 is 1.62. The highest BCUT2D eigenvalue weighted by molar-refractivity contribution is 6.35. The molecule has 1 aliphatic rings. The Bertz CT molecular complexity index is 1480. The monoisotopic (exact) mass is 484 g/mol. The number of halogens is 1. The van der Waals surface area contributed by atoms with Gasteiger partial charge in [-0.15, -0.1) is 0 Å². The van der Waals surface area contributed by atoms with Gasteiger partial charge in [-0.25, -0.2) is 15.0 Å². The molecule has 0 bridgehead atoms. The van der Waals surface area contributed by atoms with Crippen molar-refractivity contribution in [2.45, 2.75) is 32.1 Å². The summed E-state index contributed by atoms with van der Waals surface area (Å²) in [6.45, 7) is 0.472. The Kier molecular flexibility index (Phi) is 6.64. The number of hydrogen-bond acceptors (Lipinski definition) is 6. The summed E-state index contributed by atoms with van der Waals surface area (Å²) in [5.41, 5.74) is 7.83. The molecule has 0 aliphatic heterocycles. The second kappa shape index (κ2) is 10.2. The second-order valence-electron chi connectivity index (χ2n) is 8.55. The molecular formula is C27H25ClN6O. The highest BCUT2D eigenvalue weighted by atomic mass is 35.5. The lowest BCUT2D eigenvalue weighted by Crippen LogP contribution is -2.25. The van der Waals surface area contributed by atoms with E-state index in [0.29, 0.717) is 57.8 Å². The molecule has 0 unspecified atom stereocenters. The van der Waals surface area contributed by atoms with Crippen molar-refractivity contribution in [3.05, 3.63) is 81.6 Å². The number of aromatic nitrogens is 4. The van der Waals surface area contributed by atoms with Crippen LogP contribution in [0.15, 0.2) is 59.7 Å². The molecule has 0 amide bonds. The molecule has 4 aromatic rings. The molecule has 3 N–H and O–H groups in total. The molecule has 2 heterocycles. The minimum absolute atomic E-state index is 0.198. The molecule has 176 valence electrons. The molecule has 0 atom stereocenters. The predicted molar refractivity (Wildman–Crippen MR) is 140 cm³/mol. The number of nitrogen functional groups attached to an aromatic ring is 1. The molecule has 5 rings (SSSR count). The van der Waals surface area contributed by atoms with Crippen LogP contribution in [0.25, 0.3) is 16.6 Å². The fourth-order valence-electron chi connectivity index (χ4n) is 4.44. The molecule has 2 aromatic heterocycles. The molecule has 0 spiro atoms. The average Bonchev–Trinajstić information content (AvgIpc) is 3.38. The maximum absolute atomic E-state index is 13.5. The zero-order chi connectivity index (χ0) is 24.2. The largest absolute Gasteiger partial charge is 0.382 e. The van der Waals surface area contributed by atoms with Crippen LogP contribution < -0.4 is 16.6 Å². The number of nitrogens with one attached hydrogen (secondary N) is 1. The average molecular weight is 485 g/mol. The first-order valence-corrected chi connectivity index (χ1v) is 12.1. The van der Waals surface area contributed by atoms with Crippen molar-refractivity contribution in [1.29, 1.82) is 0 Å². The Morgan fingerprint density at radius 1 is 1.09 bits per heavy atom. The summed E-state index contributed by atoms with van der Waals surface area (Å²) in [4.78, 5) is 26.7. The molecule has 0 radical (unpaired) electrons. The second-order valence-corrected chi connectivity index (χ2v) is 8.96. The number of nitrogens with zero attached hydrogens (tertiary/aromatic N) is 4. The van der Waals surface area contributed by atoms with E-state index in [2.05, 4.69) is 27.1 Å². The van der Waals surface area contributed by atoms with Crippen LogP contribution >= 0.6 is 11.6 Å². The van der Waals surface area contributed by atoms with Crippen molar-refractivity contribution in [3.8, 4) is 17.5 Å². The molecule has 2 aromatic carbocycles. The van der Waals surface area contributed by atoms with Gasteiger partial charge in [-0.3, -0.25) is 9.36 Å². The highest BCUT2D eigenvalue weighted by Gasteiger charge is 2.16. The SMILES string of the molecule is Nc1ncnc(NCCc2nc3cccc(Cl)c3c(=O)n2-c2ccccc2)c1C#CC1CCCC1. The Morgan fingerprint density at radius 3 is 2.69 bits per heavy atom. The molecule has 35 heavy (non-hydrogen) atoms. The minimum atomic E-state index is -0.198. The predicted octanol–water partition coefficient (Wildman–Crippen LogP) is 4.61. The molecular weight excluding hydrogens is 460 g/mol. The minimum Gasteiger partial charge on any atom is -0.382 e. The van der Waals surface area contributed by atoms with E-state index in [1.807, 2.05) is 30.3 Å². The third-order valence-corrected chi connectivity index (χ3v) is 6.52. The van der Waals surface area contributed by atoms with E-state index in [1.54, 1.807) is 22.8 Å². The van der Waals surface area contributed by atoms with E-state index in [4.69, 9.17) is 22.3 Å². The summed E-state index contributed by atoms with van der Waals surface area (Å²) in [5, 5.41) is 4.11. The third kappa shape index (κ3) is 4.84. The van der Waals surface area contributed by atoms with E-state index in [1.165, 1.54) is 19.2 Å². The van der Waals surface area contributed by atoms with Crippen LogP contribution in [0, 0.1) is 17.8 Å². The van der Waals surface area contributed by atoms with Crippen LogP contribution in [0.2, 0.25) is 5.02 Å². The maximum atomic E-state index is 13.5. The van der Waals surface area contributed by atoms with Crippen LogP contribution in [0.3, 0.4) is 0 Å². The number of fused-ring (bicyclic) bond motifs is 1. The van der Waals surface area contributed by atoms with E-state index in [-0.39, 0.29) is 5.56 Å². The van der Waals surface area contributed by atoms with Crippen molar-refractivity contribution in [3.63, 3.8) is 0 Å². The number of nitrogens with two attached hydrogens (primary N) is 1. The van der Waals surface area contributed by atoms with Gasteiger partial charge in [-0.05, 0) is 37.1 Å². The smallest absolute Gasteiger partial charge is 0.267 e. The van der Waals surface area contributed by atoms with Crippen molar-refractivity contribution in [2.24, 2.45) is 5.92 Å². The number of benzene rings is 2. The molecule has 7 nitrogen and oxygen atoms in total. The maximum Gasteiger partial charge on any atom is 0.267 e. The van der Waals surface area contributed by atoms with Gasteiger partial charge in [0.1, 0.15) is 29.4 Å². The lowest BCUT2D eigenvalue weighted by atomic mass is 10.1. The fraction of sp³-hybridized carbons (Fsp3) is 0.259. The van der Waals surface area contributed by atoms with Crippen LogP contribution in [-0.4, -0.2) is 26.1 Å². The van der Waals surface area contributed by atoms with Crippen molar-refractivity contribution >= 4 is 34.1 Å². The number of rotatable bonds is 5. The lowest BCUT2D eigenvalue weighted by Gasteiger charge is -2.15. The van der Waals surface area contributed by atoms with Crippen LogP contribution in [0.4, 0.5) is 11.6 Å². The van der Waals surface area contributed by atoms with Gasteiger partial charge in [0, 0.05) is 18.9 Å². The van der Waals surface area contributed by atoms with Gasteiger partial charge in [0.05, 0.1) is 21.6 Å². The van der Waals surface area contributed by atoms with E-state index in [9.17, 15) is 4.79 Å². The Morgan fingerprint density at radius 2 is 1.89 bits per heavy atom. The lowest BCUT2D eigenvalue weighted by molar-refractivity contribution is 0.712. The molecule has 0 saturated heterocycles. The highest BCUT2D eigenvalue weighted by Crippen LogP contribution is 2.25. The van der Waals surface area contributed by atoms with Crippen molar-refractivity contribution in [1.82, 2.24) is 19.5 Å². The van der Waals surface area contributed by atoms with E-state index < -0.39 is 0 Å². The van der Waals surface area contributed by atoms with Crippen molar-refractivity contribution in [2.75, 3.05) is 17.6 Å². The number of para-hydroxylation sites is 1. The van der Waals surface area contributed by atoms with Gasteiger partial charge in [0.2, 0.25) is 0 Å². The summed E-state index contributed by atoms with van der Waals surface area (Å²) >= 11 is 6.36. The Balaban J connectivity index is 1.46. The fourth-order valence-corrected chi connectivity index (χ4v) is 4.69. The first kappa shape index (κ1) is 22.9. The van der Waals surface area contributed by atoms with E-state index >= 15 is 0 Å². The topological polar surface area (TPSA) is 98.7 Å². The summed E-state index contributed by atoms with van der Waals surface area (Å²) in [5.74, 6) is 8.48.